The molecule has 2 rings (SSSR count). The van der Waals surface area contributed by atoms with Crippen molar-refractivity contribution in [2.45, 2.75) is 55.2 Å². The van der Waals surface area contributed by atoms with E-state index in [-0.39, 0.29) is 6.04 Å². The van der Waals surface area contributed by atoms with E-state index in [1.165, 1.54) is 0 Å². The Morgan fingerprint density at radius 3 is 2.75 bits per heavy atom. The van der Waals surface area contributed by atoms with Crippen LogP contribution in [0.15, 0.2) is 33.6 Å². The van der Waals surface area contributed by atoms with Gasteiger partial charge in [-0.1, -0.05) is 41.8 Å². The van der Waals surface area contributed by atoms with Crippen LogP contribution in [0.1, 0.15) is 39.0 Å². The molecule has 3 unspecified atom stereocenters. The fourth-order valence-corrected chi connectivity index (χ4v) is 5.66. The maximum absolute atomic E-state index is 12.8. The van der Waals surface area contributed by atoms with Crippen molar-refractivity contribution in [1.29, 1.82) is 0 Å². The normalized spacial score (nSPS) is 27.4. The molecule has 1 aliphatic rings. The lowest BCUT2D eigenvalue weighted by Crippen LogP contribution is -2.45. The van der Waals surface area contributed by atoms with Crippen LogP contribution in [0.4, 0.5) is 0 Å². The van der Waals surface area contributed by atoms with Crippen LogP contribution < -0.4 is 5.73 Å². The van der Waals surface area contributed by atoms with Crippen LogP contribution in [0.25, 0.3) is 0 Å². The van der Waals surface area contributed by atoms with Crippen LogP contribution >= 0.6 is 15.9 Å². The van der Waals surface area contributed by atoms with Gasteiger partial charge in [0.1, 0.15) is 0 Å². The lowest BCUT2D eigenvalue weighted by atomic mass is 9.83. The number of halogens is 1. The lowest BCUT2D eigenvalue weighted by Gasteiger charge is -2.33. The zero-order valence-corrected chi connectivity index (χ0v) is 14.2. The smallest absolute Gasteiger partial charge is 0.182 e. The van der Waals surface area contributed by atoms with Crippen LogP contribution in [0.2, 0.25) is 0 Å². The Balaban J connectivity index is 2.27. The zero-order chi connectivity index (χ0) is 14.8. The summed E-state index contributed by atoms with van der Waals surface area (Å²) in [5.41, 5.74) is 6.11. The molecule has 0 saturated heterocycles. The predicted molar refractivity (Wildman–Crippen MR) is 85.3 cm³/mol. The van der Waals surface area contributed by atoms with E-state index < -0.39 is 15.1 Å². The summed E-state index contributed by atoms with van der Waals surface area (Å²) >= 11 is 3.33. The molecule has 1 aromatic carbocycles. The van der Waals surface area contributed by atoms with Crippen molar-refractivity contribution in [3.05, 3.63) is 28.7 Å². The van der Waals surface area contributed by atoms with Gasteiger partial charge in [0, 0.05) is 10.5 Å². The maximum atomic E-state index is 12.8. The molecule has 0 aromatic heterocycles. The summed E-state index contributed by atoms with van der Waals surface area (Å²) in [5.74, 6) is 0.492. The Morgan fingerprint density at radius 2 is 2.10 bits per heavy atom. The molecule has 0 spiro atoms. The van der Waals surface area contributed by atoms with Gasteiger partial charge in [0.25, 0.3) is 0 Å². The van der Waals surface area contributed by atoms with Gasteiger partial charge in [-0.2, -0.15) is 0 Å². The van der Waals surface area contributed by atoms with Gasteiger partial charge < -0.3 is 5.73 Å². The number of sulfone groups is 1. The van der Waals surface area contributed by atoms with Crippen molar-refractivity contribution < 1.29 is 8.42 Å². The number of rotatable bonds is 4. The number of hydrogen-bond acceptors (Lipinski definition) is 3. The third kappa shape index (κ3) is 3.43. The molecule has 112 valence electrons. The van der Waals surface area contributed by atoms with Gasteiger partial charge in [-0.15, -0.1) is 0 Å². The maximum Gasteiger partial charge on any atom is 0.182 e. The third-order valence-electron chi connectivity index (χ3n) is 4.17. The van der Waals surface area contributed by atoms with Crippen LogP contribution in [0.5, 0.6) is 0 Å². The second-order valence-corrected chi connectivity index (χ2v) is 8.76. The van der Waals surface area contributed by atoms with Crippen molar-refractivity contribution in [3.63, 3.8) is 0 Å². The largest absolute Gasteiger partial charge is 0.327 e. The van der Waals surface area contributed by atoms with E-state index in [1.54, 1.807) is 18.2 Å². The highest BCUT2D eigenvalue weighted by Gasteiger charge is 2.37. The van der Waals surface area contributed by atoms with Crippen LogP contribution in [-0.4, -0.2) is 19.7 Å². The fraction of sp³-hybridized carbons (Fsp3) is 0.600. The van der Waals surface area contributed by atoms with Gasteiger partial charge in [0.05, 0.1) is 10.1 Å². The van der Waals surface area contributed by atoms with Crippen molar-refractivity contribution in [2.24, 2.45) is 11.7 Å². The molecule has 0 radical (unpaired) electrons. The molecule has 0 aliphatic heterocycles. The summed E-state index contributed by atoms with van der Waals surface area (Å²) in [4.78, 5) is 0.379. The van der Waals surface area contributed by atoms with Crippen molar-refractivity contribution in [1.82, 2.24) is 0 Å². The van der Waals surface area contributed by atoms with Gasteiger partial charge >= 0.3 is 0 Å². The van der Waals surface area contributed by atoms with E-state index in [0.717, 1.165) is 30.2 Å². The predicted octanol–water partition coefficient (Wildman–Crippen LogP) is 3.52. The molecule has 0 amide bonds. The first kappa shape index (κ1) is 16.0. The van der Waals surface area contributed by atoms with E-state index in [4.69, 9.17) is 5.73 Å². The number of benzene rings is 1. The Morgan fingerprint density at radius 1 is 1.35 bits per heavy atom. The van der Waals surface area contributed by atoms with Crippen LogP contribution in [0, 0.1) is 5.92 Å². The van der Waals surface area contributed by atoms with Crippen molar-refractivity contribution >= 4 is 25.8 Å². The highest BCUT2D eigenvalue weighted by atomic mass is 79.9. The zero-order valence-electron chi connectivity index (χ0n) is 11.8. The Labute approximate surface area is 130 Å². The summed E-state index contributed by atoms with van der Waals surface area (Å²) in [6.07, 6.45) is 4.76. The summed E-state index contributed by atoms with van der Waals surface area (Å²) < 4.78 is 26.4. The highest BCUT2D eigenvalue weighted by Crippen LogP contribution is 2.34. The fourth-order valence-electron chi connectivity index (χ4n) is 3.08. The van der Waals surface area contributed by atoms with Crippen molar-refractivity contribution in [3.8, 4) is 0 Å². The second-order valence-electron chi connectivity index (χ2n) is 5.67. The van der Waals surface area contributed by atoms with Crippen LogP contribution in [-0.2, 0) is 9.84 Å². The molecule has 0 heterocycles. The molecule has 1 aromatic rings. The molecule has 3 nitrogen and oxygen atoms in total. The monoisotopic (exact) mass is 359 g/mol. The van der Waals surface area contributed by atoms with Gasteiger partial charge in [0.15, 0.2) is 9.84 Å². The molecule has 3 atom stereocenters. The average molecular weight is 360 g/mol. The molecule has 1 aliphatic carbocycles. The summed E-state index contributed by atoms with van der Waals surface area (Å²) in [6, 6.07) is 6.68. The molecular weight excluding hydrogens is 338 g/mol. The minimum absolute atomic E-state index is 0.243. The highest BCUT2D eigenvalue weighted by molar-refractivity contribution is 9.10. The van der Waals surface area contributed by atoms with Crippen LogP contribution in [0.3, 0.4) is 0 Å². The van der Waals surface area contributed by atoms with E-state index in [2.05, 4.69) is 22.9 Å². The van der Waals surface area contributed by atoms with Gasteiger partial charge in [-0.3, -0.25) is 0 Å². The van der Waals surface area contributed by atoms with E-state index in [0.29, 0.717) is 17.2 Å². The standard InChI is InChI=1S/C15H22BrNO2S/c1-2-4-11-7-8-14(17)15(9-11)20(18,19)13-6-3-5-12(16)10-13/h3,5-6,10-11,14-15H,2,4,7-9,17H2,1H3. The minimum atomic E-state index is -3.34. The first-order valence-corrected chi connectivity index (χ1v) is 9.54. The summed E-state index contributed by atoms with van der Waals surface area (Å²) in [6.45, 7) is 2.15. The van der Waals surface area contributed by atoms with Gasteiger partial charge in [0.2, 0.25) is 0 Å². The van der Waals surface area contributed by atoms with Gasteiger partial charge in [-0.05, 0) is 43.4 Å². The molecular formula is C15H22BrNO2S. The molecule has 20 heavy (non-hydrogen) atoms. The first-order valence-electron chi connectivity index (χ1n) is 7.20. The van der Waals surface area contributed by atoms with Crippen molar-refractivity contribution in [2.75, 3.05) is 0 Å². The topological polar surface area (TPSA) is 60.2 Å². The quantitative estimate of drug-likeness (QED) is 0.894. The number of hydrogen-bond donors (Lipinski definition) is 1. The minimum Gasteiger partial charge on any atom is -0.327 e. The SMILES string of the molecule is CCCC1CCC(N)C(S(=O)(=O)c2cccc(Br)c2)C1. The summed E-state index contributed by atoms with van der Waals surface area (Å²) in [5, 5.41) is -0.443. The third-order valence-corrected chi connectivity index (χ3v) is 6.91. The van der Waals surface area contributed by atoms with E-state index in [9.17, 15) is 8.42 Å². The molecule has 2 N–H and O–H groups in total. The Bertz CT molecular complexity index is 559. The van der Waals surface area contributed by atoms with E-state index >= 15 is 0 Å². The summed E-state index contributed by atoms with van der Waals surface area (Å²) in [7, 11) is -3.34. The van der Waals surface area contributed by atoms with Gasteiger partial charge in [-0.25, -0.2) is 8.42 Å². The molecule has 5 heteroatoms. The molecule has 1 saturated carbocycles. The Hall–Kier alpha value is -0.390. The molecule has 0 bridgehead atoms. The number of nitrogens with two attached hydrogens (primary N) is 1. The molecule has 1 fully saturated rings. The average Bonchev–Trinajstić information content (AvgIpc) is 2.41. The lowest BCUT2D eigenvalue weighted by molar-refractivity contribution is 0.309. The second kappa shape index (κ2) is 6.58. The van der Waals surface area contributed by atoms with E-state index in [1.807, 2.05) is 6.07 Å². The first-order chi connectivity index (χ1) is 9.45. The Kier molecular flexibility index (Phi) is 5.26.